The molecule has 0 aliphatic heterocycles. The highest BCUT2D eigenvalue weighted by Crippen LogP contribution is 2.28. The van der Waals surface area contributed by atoms with Crippen molar-refractivity contribution in [1.82, 2.24) is 24.1 Å². The Morgan fingerprint density at radius 3 is 2.53 bits per heavy atom. The number of pyridine rings is 2. The van der Waals surface area contributed by atoms with Crippen molar-refractivity contribution in [3.05, 3.63) is 64.1 Å². The zero-order valence-corrected chi connectivity index (χ0v) is 15.6. The van der Waals surface area contributed by atoms with Crippen LogP contribution in [-0.4, -0.2) is 41.1 Å². The number of carboxylic acid groups (broad SMARTS) is 1. The fourth-order valence-corrected chi connectivity index (χ4v) is 2.94. The molecule has 0 radical (unpaired) electrons. The minimum atomic E-state index is -4.82. The first-order valence-corrected chi connectivity index (χ1v) is 8.70. The van der Waals surface area contributed by atoms with Crippen LogP contribution >= 0.6 is 0 Å². The fourth-order valence-electron chi connectivity index (χ4n) is 2.94. The zero-order chi connectivity index (χ0) is 23.2. The second-order valence-electron chi connectivity index (χ2n) is 6.47. The van der Waals surface area contributed by atoms with Crippen molar-refractivity contribution in [2.75, 3.05) is 5.32 Å². The van der Waals surface area contributed by atoms with Crippen LogP contribution in [0.2, 0.25) is 0 Å². The number of hydrogen-bond acceptors (Lipinski definition) is 6. The van der Waals surface area contributed by atoms with Gasteiger partial charge >= 0.3 is 12.1 Å². The minimum Gasteiger partial charge on any atom is -0.476 e. The molecule has 0 unspecified atom stereocenters. The molecule has 164 valence electrons. The topological polar surface area (TPSA) is 131 Å². The molecule has 10 nitrogen and oxygen atoms in total. The lowest BCUT2D eigenvalue weighted by atomic mass is 10.2. The number of carbonyl (C=O) groups excluding carboxylic acids is 1. The number of carboxylic acids is 1. The highest BCUT2D eigenvalue weighted by Gasteiger charge is 2.33. The van der Waals surface area contributed by atoms with Gasteiger partial charge in [0.1, 0.15) is 29.5 Å². The van der Waals surface area contributed by atoms with Gasteiger partial charge in [-0.05, 0) is 24.3 Å². The van der Waals surface area contributed by atoms with Gasteiger partial charge in [-0.1, -0.05) is 0 Å². The quantitative estimate of drug-likeness (QED) is 0.454. The van der Waals surface area contributed by atoms with Crippen molar-refractivity contribution in [2.45, 2.75) is 12.7 Å². The van der Waals surface area contributed by atoms with E-state index < -0.39 is 53.0 Å². The van der Waals surface area contributed by atoms with Crippen LogP contribution in [0.15, 0.2) is 41.3 Å². The minimum absolute atomic E-state index is 0.0162. The second kappa shape index (κ2) is 7.40. The van der Waals surface area contributed by atoms with E-state index in [1.165, 1.54) is 6.07 Å². The van der Waals surface area contributed by atoms with Crippen LogP contribution < -0.4 is 10.9 Å². The van der Waals surface area contributed by atoms with Gasteiger partial charge in [-0.2, -0.15) is 22.8 Å². The largest absolute Gasteiger partial charge is 0.476 e. The van der Waals surface area contributed by atoms with Gasteiger partial charge in [0.05, 0.1) is 11.6 Å². The number of hydrogen-bond donors (Lipinski definition) is 2. The first-order chi connectivity index (χ1) is 15.0. The van der Waals surface area contributed by atoms with Crippen molar-refractivity contribution in [3.8, 4) is 0 Å². The molecule has 32 heavy (non-hydrogen) atoms. The molecule has 0 atom stereocenters. The van der Waals surface area contributed by atoms with Crippen molar-refractivity contribution in [2.24, 2.45) is 0 Å². The van der Waals surface area contributed by atoms with Gasteiger partial charge in [-0.25, -0.2) is 19.2 Å². The van der Waals surface area contributed by atoms with Crippen molar-refractivity contribution in [1.29, 1.82) is 0 Å². The van der Waals surface area contributed by atoms with Crippen LogP contribution in [0.3, 0.4) is 0 Å². The molecule has 4 heterocycles. The molecule has 0 saturated carbocycles. The molecular formula is C18H10F4N6O4. The van der Waals surface area contributed by atoms with Gasteiger partial charge in [0, 0.05) is 6.07 Å². The maximum Gasteiger partial charge on any atom is 0.433 e. The van der Waals surface area contributed by atoms with Gasteiger partial charge < -0.3 is 10.4 Å². The molecule has 0 bridgehead atoms. The number of fused-ring (bicyclic) bond motifs is 3. The lowest BCUT2D eigenvalue weighted by Gasteiger charge is -2.12. The molecule has 0 aliphatic carbocycles. The summed E-state index contributed by atoms with van der Waals surface area (Å²) in [5.41, 5.74) is -3.58. The van der Waals surface area contributed by atoms with Gasteiger partial charge in [0.15, 0.2) is 11.3 Å². The molecule has 0 aromatic carbocycles. The summed E-state index contributed by atoms with van der Waals surface area (Å²) in [5.74, 6) is -2.95. The summed E-state index contributed by atoms with van der Waals surface area (Å²) in [6.45, 7) is -0.664. The second-order valence-corrected chi connectivity index (χ2v) is 6.47. The first-order valence-electron chi connectivity index (χ1n) is 8.70. The Hall–Kier alpha value is -4.36. The summed E-state index contributed by atoms with van der Waals surface area (Å²) in [5, 5.41) is 14.9. The normalized spacial score (nSPS) is 11.8. The van der Waals surface area contributed by atoms with E-state index in [-0.39, 0.29) is 16.9 Å². The summed E-state index contributed by atoms with van der Waals surface area (Å²) in [4.78, 5) is 43.7. The molecule has 14 heteroatoms. The third kappa shape index (κ3) is 3.73. The smallest absolute Gasteiger partial charge is 0.433 e. The predicted octanol–water partition coefficient (Wildman–Crippen LogP) is 1.93. The van der Waals surface area contributed by atoms with E-state index in [9.17, 15) is 37.1 Å². The number of nitrogens with one attached hydrogen (secondary N) is 1. The number of amides is 1. The number of rotatable bonds is 4. The van der Waals surface area contributed by atoms with Gasteiger partial charge in [-0.3, -0.25) is 14.2 Å². The third-order valence-electron chi connectivity index (χ3n) is 4.32. The van der Waals surface area contributed by atoms with E-state index in [4.69, 9.17) is 0 Å². The summed E-state index contributed by atoms with van der Waals surface area (Å²) in [7, 11) is 0. The Morgan fingerprint density at radius 1 is 1.16 bits per heavy atom. The number of carbonyl (C=O) groups is 2. The van der Waals surface area contributed by atoms with Crippen molar-refractivity contribution in [3.63, 3.8) is 0 Å². The highest BCUT2D eigenvalue weighted by atomic mass is 19.4. The molecule has 0 aliphatic rings. The van der Waals surface area contributed by atoms with E-state index >= 15 is 0 Å². The number of alkyl halides is 3. The molecule has 0 fully saturated rings. The van der Waals surface area contributed by atoms with Crippen LogP contribution in [-0.2, 0) is 17.5 Å². The van der Waals surface area contributed by atoms with Crippen molar-refractivity contribution >= 4 is 34.4 Å². The summed E-state index contributed by atoms with van der Waals surface area (Å²) in [6, 6.07) is 4.60. The SMILES string of the molecule is O=C(Cn1c(=O)c2ccc(C(F)(F)F)nc2n2nc(C(=O)O)cc12)Nc1ccc(F)cn1. The summed E-state index contributed by atoms with van der Waals surface area (Å²) in [6.07, 6.45) is -3.96. The highest BCUT2D eigenvalue weighted by molar-refractivity contribution is 5.91. The van der Waals surface area contributed by atoms with Crippen LogP contribution in [0.1, 0.15) is 16.2 Å². The zero-order valence-electron chi connectivity index (χ0n) is 15.6. The lowest BCUT2D eigenvalue weighted by Crippen LogP contribution is -2.30. The predicted molar refractivity (Wildman–Crippen MR) is 99.5 cm³/mol. The number of nitrogens with zero attached hydrogens (tertiary/aromatic N) is 5. The summed E-state index contributed by atoms with van der Waals surface area (Å²) < 4.78 is 53.8. The maximum absolute atomic E-state index is 13.1. The number of aromatic carboxylic acids is 1. The van der Waals surface area contributed by atoms with Crippen LogP contribution in [0.5, 0.6) is 0 Å². The number of aromatic nitrogens is 5. The molecule has 4 rings (SSSR count). The molecular weight excluding hydrogens is 440 g/mol. The molecule has 0 spiro atoms. The van der Waals surface area contributed by atoms with Gasteiger partial charge in [0.2, 0.25) is 5.91 Å². The number of anilines is 1. The summed E-state index contributed by atoms with van der Waals surface area (Å²) >= 11 is 0. The third-order valence-corrected chi connectivity index (χ3v) is 4.32. The Bertz CT molecular complexity index is 1440. The van der Waals surface area contributed by atoms with E-state index in [1.54, 1.807) is 0 Å². The molecule has 2 N–H and O–H groups in total. The molecule has 4 aromatic rings. The van der Waals surface area contributed by atoms with Crippen LogP contribution in [0, 0.1) is 5.82 Å². The fraction of sp³-hybridized carbons (Fsp3) is 0.111. The number of halogens is 4. The molecule has 1 amide bonds. The standard InChI is InChI=1S/C18H10F4N6O4/c19-8-1-4-12(23-6-8)25-13(29)7-27-14-5-10(17(31)32)26-28(14)15-9(16(27)30)2-3-11(24-15)18(20,21)22/h1-6H,7H2,(H,31,32)(H,23,25,29). The van der Waals surface area contributed by atoms with E-state index in [0.717, 1.165) is 33.5 Å². The maximum atomic E-state index is 13.1. The van der Waals surface area contributed by atoms with Gasteiger partial charge in [-0.15, -0.1) is 0 Å². The van der Waals surface area contributed by atoms with E-state index in [0.29, 0.717) is 6.07 Å². The Balaban J connectivity index is 1.86. The van der Waals surface area contributed by atoms with Crippen LogP contribution in [0.25, 0.3) is 16.7 Å². The van der Waals surface area contributed by atoms with E-state index in [1.807, 2.05) is 0 Å². The molecule has 0 saturated heterocycles. The van der Waals surface area contributed by atoms with Crippen LogP contribution in [0.4, 0.5) is 23.4 Å². The lowest BCUT2D eigenvalue weighted by molar-refractivity contribution is -0.141. The monoisotopic (exact) mass is 450 g/mol. The van der Waals surface area contributed by atoms with E-state index in [2.05, 4.69) is 20.4 Å². The average molecular weight is 450 g/mol. The first kappa shape index (κ1) is 20.9. The Morgan fingerprint density at radius 2 is 1.91 bits per heavy atom. The van der Waals surface area contributed by atoms with Crippen molar-refractivity contribution < 1.29 is 32.3 Å². The Kier molecular flexibility index (Phi) is 4.83. The average Bonchev–Trinajstić information content (AvgIpc) is 3.18. The Labute approximate surface area is 173 Å². The van der Waals surface area contributed by atoms with Gasteiger partial charge in [0.25, 0.3) is 5.56 Å². The molecule has 4 aromatic heterocycles.